The summed E-state index contributed by atoms with van der Waals surface area (Å²) in [7, 11) is -3.52. The van der Waals surface area contributed by atoms with Crippen molar-refractivity contribution in [3.05, 3.63) is 44.1 Å². The van der Waals surface area contributed by atoms with Gasteiger partial charge in [-0.1, -0.05) is 6.07 Å². The van der Waals surface area contributed by atoms with Gasteiger partial charge in [0.2, 0.25) is 0 Å². The van der Waals surface area contributed by atoms with Crippen molar-refractivity contribution in [3.63, 3.8) is 0 Å². The van der Waals surface area contributed by atoms with E-state index < -0.39 is 10.0 Å². The minimum Gasteiger partial charge on any atom is -0.280 e. The lowest BCUT2D eigenvalue weighted by atomic mass is 10.1. The fraction of sp³-hybridized carbons (Fsp3) is 0.231. The fourth-order valence-electron chi connectivity index (χ4n) is 1.71. The monoisotopic (exact) mass is 359 g/mol. The Morgan fingerprint density at radius 3 is 2.32 bits per heavy atom. The maximum Gasteiger partial charge on any atom is 0.263 e. The Hall–Kier alpha value is -0.850. The molecule has 0 saturated carbocycles. The van der Waals surface area contributed by atoms with Crippen LogP contribution < -0.4 is 4.72 Å². The largest absolute Gasteiger partial charge is 0.280 e. The van der Waals surface area contributed by atoms with Crippen molar-refractivity contribution in [2.24, 2.45) is 0 Å². The number of hydrogen-bond acceptors (Lipinski definition) is 3. The minimum absolute atomic E-state index is 0.322. The van der Waals surface area contributed by atoms with Crippen molar-refractivity contribution in [1.82, 2.24) is 0 Å². The Morgan fingerprint density at radius 1 is 1.11 bits per heavy atom. The van der Waals surface area contributed by atoms with E-state index >= 15 is 0 Å². The first-order valence-corrected chi connectivity index (χ1v) is 8.75. The van der Waals surface area contributed by atoms with E-state index in [2.05, 4.69) is 20.7 Å². The number of thiophene rings is 1. The summed E-state index contributed by atoms with van der Waals surface area (Å²) >= 11 is 4.72. The van der Waals surface area contributed by atoms with E-state index in [0.717, 1.165) is 19.8 Å². The van der Waals surface area contributed by atoms with Crippen LogP contribution in [0.2, 0.25) is 0 Å². The zero-order valence-corrected chi connectivity index (χ0v) is 14.0. The van der Waals surface area contributed by atoms with Crippen molar-refractivity contribution < 1.29 is 8.42 Å². The van der Waals surface area contributed by atoms with Gasteiger partial charge >= 0.3 is 0 Å². The van der Waals surface area contributed by atoms with Crippen LogP contribution in [0, 0.1) is 20.8 Å². The standard InChI is InChI=1S/C13H14BrNO2S2/c1-8-4-5-11(6-9(8)2)15-19(16,17)12-7-13(14)18-10(12)3/h4-7,15H,1-3H3. The average Bonchev–Trinajstić information content (AvgIpc) is 2.63. The molecule has 1 aromatic carbocycles. The Balaban J connectivity index is 2.36. The molecule has 2 aromatic rings. The number of anilines is 1. The van der Waals surface area contributed by atoms with Crippen LogP contribution in [0.4, 0.5) is 5.69 Å². The summed E-state index contributed by atoms with van der Waals surface area (Å²) in [6, 6.07) is 7.15. The Kier molecular flexibility index (Phi) is 4.03. The van der Waals surface area contributed by atoms with E-state index in [0.29, 0.717) is 10.6 Å². The second kappa shape index (κ2) is 5.26. The summed E-state index contributed by atoms with van der Waals surface area (Å²) in [6.45, 7) is 5.75. The number of hydrogen-bond donors (Lipinski definition) is 1. The van der Waals surface area contributed by atoms with Crippen LogP contribution in [0.5, 0.6) is 0 Å². The molecule has 6 heteroatoms. The van der Waals surface area contributed by atoms with E-state index in [1.165, 1.54) is 11.3 Å². The highest BCUT2D eigenvalue weighted by atomic mass is 79.9. The predicted molar refractivity (Wildman–Crippen MR) is 83.5 cm³/mol. The molecule has 0 amide bonds. The van der Waals surface area contributed by atoms with Crippen LogP contribution in [0.25, 0.3) is 0 Å². The van der Waals surface area contributed by atoms with Crippen LogP contribution in [0.3, 0.4) is 0 Å². The Labute approximate surface area is 125 Å². The van der Waals surface area contributed by atoms with E-state index in [4.69, 9.17) is 0 Å². The normalized spacial score (nSPS) is 11.6. The molecule has 0 saturated heterocycles. The summed E-state index contributed by atoms with van der Waals surface area (Å²) < 4.78 is 28.0. The van der Waals surface area contributed by atoms with Crippen molar-refractivity contribution in [2.45, 2.75) is 25.7 Å². The number of halogens is 1. The summed E-state index contributed by atoms with van der Waals surface area (Å²) in [4.78, 5) is 1.09. The zero-order valence-electron chi connectivity index (χ0n) is 10.8. The third-order valence-electron chi connectivity index (χ3n) is 2.89. The Bertz CT molecular complexity index is 720. The number of nitrogens with one attached hydrogen (secondary N) is 1. The number of rotatable bonds is 3. The maximum absolute atomic E-state index is 12.3. The lowest BCUT2D eigenvalue weighted by Gasteiger charge is -2.09. The Morgan fingerprint density at radius 2 is 1.79 bits per heavy atom. The molecule has 3 nitrogen and oxygen atoms in total. The SMILES string of the molecule is Cc1ccc(NS(=O)(=O)c2cc(Br)sc2C)cc1C. The van der Waals surface area contributed by atoms with Crippen molar-refractivity contribution in [1.29, 1.82) is 0 Å². The van der Waals surface area contributed by atoms with Crippen LogP contribution >= 0.6 is 27.3 Å². The molecule has 0 aliphatic heterocycles. The molecular formula is C13H14BrNO2S2. The number of aryl methyl sites for hydroxylation is 3. The highest BCUT2D eigenvalue weighted by molar-refractivity contribution is 9.11. The quantitative estimate of drug-likeness (QED) is 0.890. The lowest BCUT2D eigenvalue weighted by Crippen LogP contribution is -2.13. The molecule has 1 N–H and O–H groups in total. The molecule has 102 valence electrons. The average molecular weight is 360 g/mol. The van der Waals surface area contributed by atoms with Crippen LogP contribution in [-0.2, 0) is 10.0 Å². The molecule has 0 spiro atoms. The number of sulfonamides is 1. The number of benzene rings is 1. The molecule has 0 unspecified atom stereocenters. The third-order valence-corrected chi connectivity index (χ3v) is 6.08. The highest BCUT2D eigenvalue weighted by Gasteiger charge is 2.19. The highest BCUT2D eigenvalue weighted by Crippen LogP contribution is 2.30. The van der Waals surface area contributed by atoms with Crippen LogP contribution in [0.1, 0.15) is 16.0 Å². The summed E-state index contributed by atoms with van der Waals surface area (Å²) in [5.41, 5.74) is 2.78. The van der Waals surface area contributed by atoms with Gasteiger partial charge in [0, 0.05) is 10.6 Å². The van der Waals surface area contributed by atoms with E-state index in [1.807, 2.05) is 26.0 Å². The van der Waals surface area contributed by atoms with Crippen LogP contribution in [-0.4, -0.2) is 8.42 Å². The van der Waals surface area contributed by atoms with Gasteiger partial charge in [0.05, 0.1) is 3.79 Å². The van der Waals surface area contributed by atoms with Gasteiger partial charge in [0.25, 0.3) is 10.0 Å². The summed E-state index contributed by atoms with van der Waals surface area (Å²) in [5, 5.41) is 0. The van der Waals surface area contributed by atoms with E-state index in [9.17, 15) is 8.42 Å². The molecule has 1 aromatic heterocycles. The lowest BCUT2D eigenvalue weighted by molar-refractivity contribution is 0.601. The molecule has 0 atom stereocenters. The molecule has 0 aliphatic carbocycles. The topological polar surface area (TPSA) is 46.2 Å². The first-order chi connectivity index (χ1) is 8.79. The molecule has 1 heterocycles. The van der Waals surface area contributed by atoms with Gasteiger partial charge < -0.3 is 0 Å². The molecular weight excluding hydrogens is 346 g/mol. The molecule has 0 radical (unpaired) electrons. The molecule has 2 rings (SSSR count). The van der Waals surface area contributed by atoms with Gasteiger partial charge in [-0.25, -0.2) is 8.42 Å². The third kappa shape index (κ3) is 3.19. The zero-order chi connectivity index (χ0) is 14.2. The van der Waals surface area contributed by atoms with Crippen molar-refractivity contribution >= 4 is 43.0 Å². The van der Waals surface area contributed by atoms with Gasteiger partial charge in [-0.05, 0) is 66.0 Å². The molecule has 0 fully saturated rings. The molecule has 0 bridgehead atoms. The van der Waals surface area contributed by atoms with Gasteiger partial charge in [0.15, 0.2) is 0 Å². The van der Waals surface area contributed by atoms with E-state index in [-0.39, 0.29) is 0 Å². The smallest absolute Gasteiger partial charge is 0.263 e. The molecule has 0 aliphatic rings. The first-order valence-electron chi connectivity index (χ1n) is 5.65. The summed E-state index contributed by atoms with van der Waals surface area (Å²) in [6.07, 6.45) is 0. The second-order valence-corrected chi connectivity index (χ2v) is 8.66. The van der Waals surface area contributed by atoms with Gasteiger partial charge in [0.1, 0.15) is 4.90 Å². The minimum atomic E-state index is -3.52. The van der Waals surface area contributed by atoms with Crippen molar-refractivity contribution in [2.75, 3.05) is 4.72 Å². The second-order valence-electron chi connectivity index (χ2n) is 4.38. The predicted octanol–water partition coefficient (Wildman–Crippen LogP) is 4.24. The van der Waals surface area contributed by atoms with E-state index in [1.54, 1.807) is 19.1 Å². The fourth-order valence-corrected chi connectivity index (χ4v) is 5.18. The van der Waals surface area contributed by atoms with Gasteiger partial charge in [-0.2, -0.15) is 0 Å². The van der Waals surface area contributed by atoms with Crippen molar-refractivity contribution in [3.8, 4) is 0 Å². The summed E-state index contributed by atoms with van der Waals surface area (Å²) in [5.74, 6) is 0. The van der Waals surface area contributed by atoms with Gasteiger partial charge in [-0.15, -0.1) is 11.3 Å². The molecule has 19 heavy (non-hydrogen) atoms. The van der Waals surface area contributed by atoms with Crippen LogP contribution in [0.15, 0.2) is 32.9 Å². The van der Waals surface area contributed by atoms with Gasteiger partial charge in [-0.3, -0.25) is 4.72 Å². The first kappa shape index (κ1) is 14.6. The maximum atomic E-state index is 12.3.